The maximum atomic E-state index is 6.25. The molecule has 0 heterocycles. The Morgan fingerprint density at radius 2 is 1.76 bits per heavy atom. The Balaban J connectivity index is 3.11. The molecule has 0 aromatic heterocycles. The highest BCUT2D eigenvalue weighted by molar-refractivity contribution is 6.22. The molecule has 0 N–H and O–H groups in total. The molecule has 1 aromatic carbocycles. The monoisotopic (exact) mass is 272 g/mol. The van der Waals surface area contributed by atoms with Gasteiger partial charge in [0.05, 0.1) is 0 Å². The van der Waals surface area contributed by atoms with E-state index in [2.05, 4.69) is 45.0 Å². The fourth-order valence-electron chi connectivity index (χ4n) is 2.38. The van der Waals surface area contributed by atoms with Crippen molar-refractivity contribution in [2.75, 3.05) is 11.8 Å². The normalized spacial score (nSPS) is 13.7. The summed E-state index contributed by atoms with van der Waals surface area (Å²) in [5, 5.41) is 0. The lowest BCUT2D eigenvalue weighted by molar-refractivity contribution is 0.378. The van der Waals surface area contributed by atoms with Crippen LogP contribution >= 0.6 is 23.2 Å². The molecule has 2 heteroatoms. The first-order valence-corrected chi connectivity index (χ1v) is 7.34. The van der Waals surface area contributed by atoms with Crippen LogP contribution in [-0.2, 0) is 5.41 Å². The minimum atomic E-state index is -0.0795. The first kappa shape index (κ1) is 14.9. The topological polar surface area (TPSA) is 0 Å². The average Bonchev–Trinajstić information content (AvgIpc) is 2.36. The molecule has 0 radical (unpaired) electrons. The number of halogens is 2. The van der Waals surface area contributed by atoms with Crippen molar-refractivity contribution >= 4 is 23.2 Å². The number of hydrogen-bond donors (Lipinski definition) is 0. The van der Waals surface area contributed by atoms with Crippen LogP contribution < -0.4 is 0 Å². The predicted molar refractivity (Wildman–Crippen MR) is 78.4 cm³/mol. The maximum absolute atomic E-state index is 6.25. The molecule has 1 rings (SSSR count). The number of hydrogen-bond acceptors (Lipinski definition) is 0. The van der Waals surface area contributed by atoms with E-state index in [1.54, 1.807) is 0 Å². The summed E-state index contributed by atoms with van der Waals surface area (Å²) in [5.41, 5.74) is 2.52. The SMILES string of the molecule is CCC(C)CC(CCl)(CCl)c1ccccc1C. The molecule has 0 fully saturated rings. The summed E-state index contributed by atoms with van der Waals surface area (Å²) < 4.78 is 0. The summed E-state index contributed by atoms with van der Waals surface area (Å²) >= 11 is 12.5. The van der Waals surface area contributed by atoms with Crippen LogP contribution in [0.4, 0.5) is 0 Å². The van der Waals surface area contributed by atoms with Crippen molar-refractivity contribution < 1.29 is 0 Å². The maximum Gasteiger partial charge on any atom is 0.0332 e. The summed E-state index contributed by atoms with van der Waals surface area (Å²) in [7, 11) is 0. The van der Waals surface area contributed by atoms with E-state index in [-0.39, 0.29) is 5.41 Å². The third kappa shape index (κ3) is 3.39. The lowest BCUT2D eigenvalue weighted by Gasteiger charge is -2.34. The van der Waals surface area contributed by atoms with E-state index in [4.69, 9.17) is 23.2 Å². The quantitative estimate of drug-likeness (QED) is 0.629. The van der Waals surface area contributed by atoms with E-state index in [0.29, 0.717) is 17.7 Å². The van der Waals surface area contributed by atoms with Crippen LogP contribution in [0, 0.1) is 12.8 Å². The van der Waals surface area contributed by atoms with E-state index < -0.39 is 0 Å². The van der Waals surface area contributed by atoms with Gasteiger partial charge in [-0.3, -0.25) is 0 Å². The zero-order valence-corrected chi connectivity index (χ0v) is 12.5. The molecular formula is C15H22Cl2. The number of alkyl halides is 2. The molecule has 1 atom stereocenters. The molecule has 0 nitrogen and oxygen atoms in total. The van der Waals surface area contributed by atoms with Gasteiger partial charge in [0.2, 0.25) is 0 Å². The smallest absolute Gasteiger partial charge is 0.0332 e. The second-order valence-electron chi connectivity index (χ2n) is 5.08. The summed E-state index contributed by atoms with van der Waals surface area (Å²) in [6, 6.07) is 8.45. The van der Waals surface area contributed by atoms with Gasteiger partial charge in [-0.25, -0.2) is 0 Å². The van der Waals surface area contributed by atoms with E-state index in [1.807, 2.05) is 0 Å². The fourth-order valence-corrected chi connectivity index (χ4v) is 3.17. The highest BCUT2D eigenvalue weighted by Crippen LogP contribution is 2.36. The van der Waals surface area contributed by atoms with Gasteiger partial charge in [-0.2, -0.15) is 0 Å². The van der Waals surface area contributed by atoms with Gasteiger partial charge in [0.1, 0.15) is 0 Å². The van der Waals surface area contributed by atoms with Crippen molar-refractivity contribution in [2.45, 2.75) is 39.0 Å². The minimum absolute atomic E-state index is 0.0795. The molecule has 17 heavy (non-hydrogen) atoms. The fraction of sp³-hybridized carbons (Fsp3) is 0.600. The molecule has 0 saturated heterocycles. The first-order chi connectivity index (χ1) is 8.09. The summed E-state index contributed by atoms with van der Waals surface area (Å²) in [6.45, 7) is 6.63. The molecule has 0 aliphatic rings. The van der Waals surface area contributed by atoms with Crippen molar-refractivity contribution in [3.63, 3.8) is 0 Å². The van der Waals surface area contributed by atoms with E-state index in [9.17, 15) is 0 Å². The molecule has 0 aliphatic carbocycles. The van der Waals surface area contributed by atoms with Gasteiger partial charge in [-0.05, 0) is 30.4 Å². The lowest BCUT2D eigenvalue weighted by Crippen LogP contribution is -2.33. The zero-order valence-electron chi connectivity index (χ0n) is 11.0. The van der Waals surface area contributed by atoms with Crippen LogP contribution in [0.1, 0.15) is 37.8 Å². The Labute approximate surface area is 115 Å². The summed E-state index contributed by atoms with van der Waals surface area (Å²) in [6.07, 6.45) is 2.22. The first-order valence-electron chi connectivity index (χ1n) is 6.27. The molecule has 0 spiro atoms. The second kappa shape index (κ2) is 6.66. The Bertz CT molecular complexity index is 343. The number of rotatable bonds is 6. The van der Waals surface area contributed by atoms with E-state index >= 15 is 0 Å². The largest absolute Gasteiger partial charge is 0.126 e. The van der Waals surface area contributed by atoms with Crippen LogP contribution in [0.5, 0.6) is 0 Å². The Morgan fingerprint density at radius 3 is 2.24 bits per heavy atom. The highest BCUT2D eigenvalue weighted by atomic mass is 35.5. The van der Waals surface area contributed by atoms with Crippen molar-refractivity contribution in [3.8, 4) is 0 Å². The van der Waals surface area contributed by atoms with E-state index in [1.165, 1.54) is 17.5 Å². The minimum Gasteiger partial charge on any atom is -0.126 e. The van der Waals surface area contributed by atoms with Gasteiger partial charge in [0, 0.05) is 17.2 Å². The highest BCUT2D eigenvalue weighted by Gasteiger charge is 2.33. The van der Waals surface area contributed by atoms with Gasteiger partial charge in [0.25, 0.3) is 0 Å². The van der Waals surface area contributed by atoms with Gasteiger partial charge in [0.15, 0.2) is 0 Å². The molecule has 0 saturated carbocycles. The van der Waals surface area contributed by atoms with Crippen LogP contribution in [0.3, 0.4) is 0 Å². The van der Waals surface area contributed by atoms with Crippen molar-refractivity contribution in [2.24, 2.45) is 5.92 Å². The predicted octanol–water partition coefficient (Wildman–Crippen LogP) is 5.15. The number of benzene rings is 1. The van der Waals surface area contributed by atoms with Crippen LogP contribution in [0.25, 0.3) is 0 Å². The molecule has 1 unspecified atom stereocenters. The number of aryl methyl sites for hydroxylation is 1. The summed E-state index contributed by atoms with van der Waals surface area (Å²) in [4.78, 5) is 0. The average molecular weight is 273 g/mol. The van der Waals surface area contributed by atoms with Crippen LogP contribution in [0.2, 0.25) is 0 Å². The lowest BCUT2D eigenvalue weighted by atomic mass is 9.75. The second-order valence-corrected chi connectivity index (χ2v) is 5.61. The third-order valence-corrected chi connectivity index (χ3v) is 4.69. The van der Waals surface area contributed by atoms with Gasteiger partial charge in [-0.15, -0.1) is 23.2 Å². The van der Waals surface area contributed by atoms with Crippen molar-refractivity contribution in [1.82, 2.24) is 0 Å². The van der Waals surface area contributed by atoms with Gasteiger partial charge in [-0.1, -0.05) is 44.5 Å². The Morgan fingerprint density at radius 1 is 1.18 bits per heavy atom. The molecule has 0 bridgehead atoms. The molecule has 0 amide bonds. The van der Waals surface area contributed by atoms with Gasteiger partial charge < -0.3 is 0 Å². The molecule has 96 valence electrons. The van der Waals surface area contributed by atoms with Crippen molar-refractivity contribution in [1.29, 1.82) is 0 Å². The molecular weight excluding hydrogens is 251 g/mol. The van der Waals surface area contributed by atoms with Crippen LogP contribution in [-0.4, -0.2) is 11.8 Å². The zero-order chi connectivity index (χ0) is 12.9. The van der Waals surface area contributed by atoms with Crippen molar-refractivity contribution in [3.05, 3.63) is 35.4 Å². The molecule has 1 aromatic rings. The van der Waals surface area contributed by atoms with E-state index in [0.717, 1.165) is 6.42 Å². The van der Waals surface area contributed by atoms with Crippen LogP contribution in [0.15, 0.2) is 24.3 Å². The Kier molecular flexibility index (Phi) is 5.82. The Hall–Kier alpha value is -0.200. The summed E-state index contributed by atoms with van der Waals surface area (Å²) in [5.74, 6) is 1.82. The molecule has 0 aliphatic heterocycles. The third-order valence-electron chi connectivity index (χ3n) is 3.66. The standard InChI is InChI=1S/C15H22Cl2/c1-4-12(2)9-15(10-16,11-17)14-8-6-5-7-13(14)3/h5-8,12H,4,9-11H2,1-3H3. The van der Waals surface area contributed by atoms with Gasteiger partial charge >= 0.3 is 0 Å².